The highest BCUT2D eigenvalue weighted by atomic mass is 32.2. The number of para-hydroxylation sites is 1. The van der Waals surface area contributed by atoms with Gasteiger partial charge in [0.1, 0.15) is 12.1 Å². The van der Waals surface area contributed by atoms with E-state index in [1.165, 1.54) is 12.4 Å². The van der Waals surface area contributed by atoms with Crippen molar-refractivity contribution in [1.82, 2.24) is 9.97 Å². The molecule has 0 amide bonds. The van der Waals surface area contributed by atoms with Gasteiger partial charge in [0.2, 0.25) is 0 Å². The highest BCUT2D eigenvalue weighted by molar-refractivity contribution is 7.79. The molecule has 1 unspecified atom stereocenters. The van der Waals surface area contributed by atoms with Crippen molar-refractivity contribution >= 4 is 33.5 Å². The summed E-state index contributed by atoms with van der Waals surface area (Å²) in [4.78, 5) is 10.6. The molecule has 0 saturated heterocycles. The van der Waals surface area contributed by atoms with Crippen LogP contribution in [0.5, 0.6) is 0 Å². The van der Waals surface area contributed by atoms with Gasteiger partial charge in [-0.1, -0.05) is 18.2 Å². The van der Waals surface area contributed by atoms with Gasteiger partial charge in [-0.3, -0.25) is 4.21 Å². The molecule has 5 nitrogen and oxygen atoms in total. The standard InChI is InChI=1S/C15H13N3O2S/c1-18(11-5-3-2-4-6-11)15-13-9-12(21(19)20)7-8-14(13)16-10-17-15/h2-10H,1H3,(H,19,20)/p-1. The predicted octanol–water partition coefficient (Wildman–Crippen LogP) is 2.64. The Bertz CT molecular complexity index is 808. The van der Waals surface area contributed by atoms with Gasteiger partial charge >= 0.3 is 0 Å². The fraction of sp³-hybridized carbons (Fsp3) is 0.0667. The van der Waals surface area contributed by atoms with Crippen molar-refractivity contribution < 1.29 is 8.76 Å². The first-order chi connectivity index (χ1) is 10.2. The molecular weight excluding hydrogens is 286 g/mol. The number of rotatable bonds is 3. The Morgan fingerprint density at radius 1 is 1.10 bits per heavy atom. The highest BCUT2D eigenvalue weighted by Crippen LogP contribution is 2.28. The maximum Gasteiger partial charge on any atom is 0.144 e. The zero-order chi connectivity index (χ0) is 14.8. The summed E-state index contributed by atoms with van der Waals surface area (Å²) in [5, 5.41) is 0.700. The summed E-state index contributed by atoms with van der Waals surface area (Å²) in [6, 6.07) is 14.5. The number of hydrogen-bond acceptors (Lipinski definition) is 5. The van der Waals surface area contributed by atoms with Gasteiger partial charge in [0.05, 0.1) is 5.52 Å². The minimum Gasteiger partial charge on any atom is -0.768 e. The Kier molecular flexibility index (Phi) is 3.64. The number of benzene rings is 2. The van der Waals surface area contributed by atoms with E-state index in [9.17, 15) is 8.76 Å². The van der Waals surface area contributed by atoms with Crippen LogP contribution in [0.15, 0.2) is 59.8 Å². The molecule has 106 valence electrons. The molecule has 2 aromatic carbocycles. The minimum atomic E-state index is -2.28. The van der Waals surface area contributed by atoms with Gasteiger partial charge in [0, 0.05) is 23.0 Å². The average Bonchev–Trinajstić information content (AvgIpc) is 2.54. The lowest BCUT2D eigenvalue weighted by atomic mass is 10.2. The van der Waals surface area contributed by atoms with Crippen LogP contribution in [0.4, 0.5) is 11.5 Å². The van der Waals surface area contributed by atoms with Crippen molar-refractivity contribution in [1.29, 1.82) is 0 Å². The Labute approximate surface area is 124 Å². The van der Waals surface area contributed by atoms with Gasteiger partial charge in [0.25, 0.3) is 0 Å². The molecule has 0 aliphatic carbocycles. The molecule has 1 aromatic heterocycles. The fourth-order valence-electron chi connectivity index (χ4n) is 2.17. The lowest BCUT2D eigenvalue weighted by Gasteiger charge is -2.20. The van der Waals surface area contributed by atoms with E-state index in [1.807, 2.05) is 42.3 Å². The van der Waals surface area contributed by atoms with Crippen molar-refractivity contribution in [2.75, 3.05) is 11.9 Å². The third-order valence-corrected chi connectivity index (χ3v) is 3.88. The van der Waals surface area contributed by atoms with E-state index in [1.54, 1.807) is 12.1 Å². The second kappa shape index (κ2) is 5.59. The van der Waals surface area contributed by atoms with Crippen LogP contribution in [-0.4, -0.2) is 25.8 Å². The van der Waals surface area contributed by atoms with Gasteiger partial charge in [-0.25, -0.2) is 9.97 Å². The number of hydrogen-bond donors (Lipinski definition) is 0. The molecule has 0 spiro atoms. The molecule has 3 rings (SSSR count). The first kappa shape index (κ1) is 13.7. The molecule has 0 aliphatic heterocycles. The topological polar surface area (TPSA) is 69.2 Å². The average molecular weight is 298 g/mol. The molecule has 0 saturated carbocycles. The summed E-state index contributed by atoms with van der Waals surface area (Å²) in [6.07, 6.45) is 1.48. The Hall–Kier alpha value is -2.31. The van der Waals surface area contributed by atoms with Gasteiger partial charge in [-0.05, 0) is 41.4 Å². The van der Waals surface area contributed by atoms with Gasteiger partial charge in [-0.15, -0.1) is 0 Å². The van der Waals surface area contributed by atoms with Crippen LogP contribution < -0.4 is 4.90 Å². The molecule has 0 bridgehead atoms. The van der Waals surface area contributed by atoms with Crippen molar-refractivity contribution in [3.8, 4) is 0 Å². The van der Waals surface area contributed by atoms with E-state index >= 15 is 0 Å². The summed E-state index contributed by atoms with van der Waals surface area (Å²) < 4.78 is 22.3. The SMILES string of the molecule is CN(c1ccccc1)c1ncnc2ccc(S(=O)[O-])cc12. The molecule has 21 heavy (non-hydrogen) atoms. The number of fused-ring (bicyclic) bond motifs is 1. The number of nitrogens with zero attached hydrogens (tertiary/aromatic N) is 3. The smallest absolute Gasteiger partial charge is 0.144 e. The van der Waals surface area contributed by atoms with Gasteiger partial charge in [0.15, 0.2) is 0 Å². The monoisotopic (exact) mass is 298 g/mol. The van der Waals surface area contributed by atoms with Crippen molar-refractivity contribution in [3.05, 3.63) is 54.9 Å². The second-order valence-corrected chi connectivity index (χ2v) is 5.45. The van der Waals surface area contributed by atoms with Gasteiger partial charge < -0.3 is 9.45 Å². The van der Waals surface area contributed by atoms with Crippen LogP contribution in [0.2, 0.25) is 0 Å². The summed E-state index contributed by atoms with van der Waals surface area (Å²) in [7, 11) is 1.89. The van der Waals surface area contributed by atoms with Crippen LogP contribution in [-0.2, 0) is 11.1 Å². The maximum atomic E-state index is 11.1. The first-order valence-electron chi connectivity index (χ1n) is 6.29. The summed E-state index contributed by atoms with van der Waals surface area (Å²) >= 11 is -2.28. The van der Waals surface area contributed by atoms with Crippen molar-refractivity contribution in [2.45, 2.75) is 4.90 Å². The zero-order valence-electron chi connectivity index (χ0n) is 11.3. The number of aromatic nitrogens is 2. The van der Waals surface area contributed by atoms with E-state index in [0.29, 0.717) is 16.7 Å². The van der Waals surface area contributed by atoms with Gasteiger partial charge in [-0.2, -0.15) is 0 Å². The van der Waals surface area contributed by atoms with E-state index in [-0.39, 0.29) is 4.90 Å². The Balaban J connectivity index is 2.18. The fourth-order valence-corrected chi connectivity index (χ4v) is 2.56. The molecule has 1 atom stereocenters. The molecule has 0 N–H and O–H groups in total. The third kappa shape index (κ3) is 2.63. The second-order valence-electron chi connectivity index (χ2n) is 4.51. The Morgan fingerprint density at radius 2 is 1.86 bits per heavy atom. The Morgan fingerprint density at radius 3 is 2.57 bits per heavy atom. The van der Waals surface area contributed by atoms with Crippen LogP contribution in [0, 0.1) is 0 Å². The van der Waals surface area contributed by atoms with Crippen LogP contribution in [0.1, 0.15) is 0 Å². The quantitative estimate of drug-likeness (QED) is 0.695. The first-order valence-corrected chi connectivity index (χ1v) is 7.37. The normalized spacial score (nSPS) is 12.3. The lowest BCUT2D eigenvalue weighted by Crippen LogP contribution is -2.12. The largest absolute Gasteiger partial charge is 0.768 e. The molecule has 1 heterocycles. The van der Waals surface area contributed by atoms with Crippen LogP contribution in [0.3, 0.4) is 0 Å². The zero-order valence-corrected chi connectivity index (χ0v) is 12.1. The predicted molar refractivity (Wildman–Crippen MR) is 81.2 cm³/mol. The lowest BCUT2D eigenvalue weighted by molar-refractivity contribution is 0.537. The number of anilines is 2. The molecule has 3 aromatic rings. The molecular formula is C15H12N3O2S-. The molecule has 0 aliphatic rings. The van der Waals surface area contributed by atoms with Crippen LogP contribution >= 0.6 is 0 Å². The van der Waals surface area contributed by atoms with E-state index < -0.39 is 11.1 Å². The maximum absolute atomic E-state index is 11.1. The minimum absolute atomic E-state index is 0.222. The van der Waals surface area contributed by atoms with E-state index in [0.717, 1.165) is 5.69 Å². The van der Waals surface area contributed by atoms with Crippen molar-refractivity contribution in [3.63, 3.8) is 0 Å². The third-order valence-electron chi connectivity index (χ3n) is 3.24. The highest BCUT2D eigenvalue weighted by Gasteiger charge is 2.11. The summed E-state index contributed by atoms with van der Waals surface area (Å²) in [5.74, 6) is 0.665. The molecule has 6 heteroatoms. The summed E-state index contributed by atoms with van der Waals surface area (Å²) in [5.41, 5.74) is 1.67. The van der Waals surface area contributed by atoms with E-state index in [4.69, 9.17) is 0 Å². The molecule has 0 fully saturated rings. The molecule has 0 radical (unpaired) electrons. The van der Waals surface area contributed by atoms with Crippen LogP contribution in [0.25, 0.3) is 10.9 Å². The van der Waals surface area contributed by atoms with E-state index in [2.05, 4.69) is 9.97 Å². The van der Waals surface area contributed by atoms with Crippen molar-refractivity contribution in [2.24, 2.45) is 0 Å². The summed E-state index contributed by atoms with van der Waals surface area (Å²) in [6.45, 7) is 0.